The Kier molecular flexibility index (Phi) is 4.98. The SMILES string of the molecule is CC(=O)[C@@H](C)Oc1ccc2cc(-c3csc(-c4ccc(F)cc4)n3)c(=O)oc2c1. The first kappa shape index (κ1) is 19.0. The number of nitrogens with zero attached hydrogens (tertiary/aromatic N) is 1. The highest BCUT2D eigenvalue weighted by molar-refractivity contribution is 7.13. The van der Waals surface area contributed by atoms with Crippen molar-refractivity contribution >= 4 is 28.1 Å². The van der Waals surface area contributed by atoms with Crippen molar-refractivity contribution in [3.8, 4) is 27.6 Å². The van der Waals surface area contributed by atoms with Gasteiger partial charge in [0.2, 0.25) is 0 Å². The monoisotopic (exact) mass is 409 g/mol. The Balaban J connectivity index is 1.68. The predicted molar refractivity (Wildman–Crippen MR) is 110 cm³/mol. The minimum absolute atomic E-state index is 0.0950. The number of fused-ring (bicyclic) bond motifs is 1. The molecule has 0 radical (unpaired) electrons. The maximum Gasteiger partial charge on any atom is 0.345 e. The Morgan fingerprint density at radius 1 is 1.17 bits per heavy atom. The third-order valence-electron chi connectivity index (χ3n) is 4.46. The maximum atomic E-state index is 13.1. The topological polar surface area (TPSA) is 69.4 Å². The number of hydrogen-bond donors (Lipinski definition) is 0. The molecule has 1 atom stereocenters. The normalized spacial score (nSPS) is 12.1. The van der Waals surface area contributed by atoms with Gasteiger partial charge in [-0.2, -0.15) is 0 Å². The molecule has 0 bridgehead atoms. The molecule has 0 saturated carbocycles. The summed E-state index contributed by atoms with van der Waals surface area (Å²) in [5.41, 5.74) is 1.45. The van der Waals surface area contributed by atoms with Crippen molar-refractivity contribution in [1.82, 2.24) is 4.98 Å². The number of rotatable bonds is 5. The standard InChI is InChI=1S/C22H16FNO4S/c1-12(25)13(2)27-17-8-5-15-9-18(22(26)28-20(15)10-17)19-11-29-21(24-19)14-3-6-16(23)7-4-14/h3-11,13H,1-2H3/t13-/m1/s1. The molecule has 29 heavy (non-hydrogen) atoms. The van der Waals surface area contributed by atoms with Crippen LogP contribution in [0.25, 0.3) is 32.8 Å². The molecule has 0 saturated heterocycles. The Hall–Kier alpha value is -3.32. The van der Waals surface area contributed by atoms with Crippen molar-refractivity contribution in [2.24, 2.45) is 0 Å². The van der Waals surface area contributed by atoms with Gasteiger partial charge < -0.3 is 9.15 Å². The number of benzene rings is 2. The Morgan fingerprint density at radius 3 is 2.66 bits per heavy atom. The van der Waals surface area contributed by atoms with Gasteiger partial charge in [0.1, 0.15) is 22.2 Å². The molecule has 0 aliphatic carbocycles. The molecule has 2 aromatic heterocycles. The van der Waals surface area contributed by atoms with Crippen LogP contribution in [-0.2, 0) is 4.79 Å². The highest BCUT2D eigenvalue weighted by Crippen LogP contribution is 2.30. The quantitative estimate of drug-likeness (QED) is 0.430. The molecule has 0 aliphatic rings. The second-order valence-electron chi connectivity index (χ2n) is 6.56. The van der Waals surface area contributed by atoms with E-state index >= 15 is 0 Å². The summed E-state index contributed by atoms with van der Waals surface area (Å²) in [5, 5.41) is 3.16. The van der Waals surface area contributed by atoms with Crippen molar-refractivity contribution in [2.45, 2.75) is 20.0 Å². The van der Waals surface area contributed by atoms with Crippen molar-refractivity contribution in [2.75, 3.05) is 0 Å². The molecule has 0 fully saturated rings. The summed E-state index contributed by atoms with van der Waals surface area (Å²) in [5.74, 6) is 0.0347. The summed E-state index contributed by atoms with van der Waals surface area (Å²) in [6.45, 7) is 3.11. The maximum absolute atomic E-state index is 13.1. The summed E-state index contributed by atoms with van der Waals surface area (Å²) in [7, 11) is 0. The fraction of sp³-hybridized carbons (Fsp3) is 0.136. The smallest absolute Gasteiger partial charge is 0.345 e. The number of ketones is 1. The summed E-state index contributed by atoms with van der Waals surface area (Å²) >= 11 is 1.36. The van der Waals surface area contributed by atoms with E-state index in [9.17, 15) is 14.0 Å². The van der Waals surface area contributed by atoms with Crippen LogP contribution in [-0.4, -0.2) is 16.9 Å². The van der Waals surface area contributed by atoms with E-state index in [4.69, 9.17) is 9.15 Å². The lowest BCUT2D eigenvalue weighted by Gasteiger charge is -2.11. The van der Waals surface area contributed by atoms with E-state index in [1.54, 1.807) is 48.7 Å². The molecule has 0 unspecified atom stereocenters. The highest BCUT2D eigenvalue weighted by Gasteiger charge is 2.14. The van der Waals surface area contributed by atoms with Crippen LogP contribution >= 0.6 is 11.3 Å². The number of carbonyl (C=O) groups is 1. The van der Waals surface area contributed by atoms with E-state index < -0.39 is 11.7 Å². The fourth-order valence-corrected chi connectivity index (χ4v) is 3.58. The summed E-state index contributed by atoms with van der Waals surface area (Å²) in [4.78, 5) is 28.4. The van der Waals surface area contributed by atoms with Gasteiger partial charge >= 0.3 is 5.63 Å². The average molecular weight is 409 g/mol. The third-order valence-corrected chi connectivity index (χ3v) is 5.36. The summed E-state index contributed by atoms with van der Waals surface area (Å²) in [6.07, 6.45) is -0.585. The van der Waals surface area contributed by atoms with Gasteiger partial charge in [0, 0.05) is 22.4 Å². The molecule has 0 N–H and O–H groups in total. The molecule has 7 heteroatoms. The van der Waals surface area contributed by atoms with Crippen LogP contribution in [0.5, 0.6) is 5.75 Å². The van der Waals surface area contributed by atoms with Crippen molar-refractivity contribution in [1.29, 1.82) is 0 Å². The number of ether oxygens (including phenoxy) is 1. The molecule has 0 spiro atoms. The van der Waals surface area contributed by atoms with Crippen molar-refractivity contribution in [3.63, 3.8) is 0 Å². The van der Waals surface area contributed by atoms with Crippen LogP contribution < -0.4 is 10.4 Å². The van der Waals surface area contributed by atoms with E-state index in [0.29, 0.717) is 33.0 Å². The Morgan fingerprint density at radius 2 is 1.93 bits per heavy atom. The third kappa shape index (κ3) is 3.95. The van der Waals surface area contributed by atoms with E-state index in [1.165, 1.54) is 30.4 Å². The minimum atomic E-state index is -0.585. The molecule has 2 aromatic carbocycles. The number of halogens is 1. The molecular formula is C22H16FNO4S. The van der Waals surface area contributed by atoms with Gasteiger partial charge in [-0.1, -0.05) is 0 Å². The molecule has 146 valence electrons. The lowest BCUT2D eigenvalue weighted by atomic mass is 10.1. The summed E-state index contributed by atoms with van der Waals surface area (Å²) in [6, 6.07) is 12.8. The van der Waals surface area contributed by atoms with Crippen LogP contribution in [0.1, 0.15) is 13.8 Å². The zero-order chi connectivity index (χ0) is 20.5. The van der Waals surface area contributed by atoms with Crippen LogP contribution in [0.4, 0.5) is 4.39 Å². The van der Waals surface area contributed by atoms with Gasteiger partial charge in [0.15, 0.2) is 11.9 Å². The van der Waals surface area contributed by atoms with Gasteiger partial charge in [-0.05, 0) is 56.3 Å². The lowest BCUT2D eigenvalue weighted by molar-refractivity contribution is -0.122. The number of hydrogen-bond acceptors (Lipinski definition) is 6. The molecule has 4 rings (SSSR count). The van der Waals surface area contributed by atoms with E-state index in [0.717, 1.165) is 5.56 Å². The number of Topliss-reactive ketones (excluding diaryl/α,β-unsaturated/α-hetero) is 1. The highest BCUT2D eigenvalue weighted by atomic mass is 32.1. The van der Waals surface area contributed by atoms with Gasteiger partial charge in [-0.3, -0.25) is 4.79 Å². The number of thiazole rings is 1. The molecule has 4 aromatic rings. The zero-order valence-corrected chi connectivity index (χ0v) is 16.5. The molecule has 0 amide bonds. The first-order chi connectivity index (χ1) is 13.9. The van der Waals surface area contributed by atoms with Crippen LogP contribution in [0.15, 0.2) is 63.1 Å². The fourth-order valence-electron chi connectivity index (χ4n) is 2.75. The van der Waals surface area contributed by atoms with Crippen LogP contribution in [0.2, 0.25) is 0 Å². The lowest BCUT2D eigenvalue weighted by Crippen LogP contribution is -2.20. The van der Waals surface area contributed by atoms with E-state index in [2.05, 4.69) is 4.98 Å². The first-order valence-corrected chi connectivity index (χ1v) is 9.75. The van der Waals surface area contributed by atoms with E-state index in [1.807, 2.05) is 0 Å². The van der Waals surface area contributed by atoms with Gasteiger partial charge in [-0.25, -0.2) is 14.2 Å². The minimum Gasteiger partial charge on any atom is -0.483 e. The Labute approximate surface area is 169 Å². The zero-order valence-electron chi connectivity index (χ0n) is 15.6. The predicted octanol–water partition coefficient (Wildman–Crippen LogP) is 5.08. The van der Waals surface area contributed by atoms with Crippen LogP contribution in [0.3, 0.4) is 0 Å². The van der Waals surface area contributed by atoms with E-state index in [-0.39, 0.29) is 11.6 Å². The average Bonchev–Trinajstić information content (AvgIpc) is 3.17. The molecule has 5 nitrogen and oxygen atoms in total. The molecular weight excluding hydrogens is 393 g/mol. The van der Waals surface area contributed by atoms with Crippen molar-refractivity contribution < 1.29 is 18.3 Å². The second kappa shape index (κ2) is 7.60. The Bertz CT molecular complexity index is 1260. The van der Waals surface area contributed by atoms with Gasteiger partial charge in [0.05, 0.1) is 11.3 Å². The summed E-state index contributed by atoms with van der Waals surface area (Å²) < 4.78 is 24.1. The van der Waals surface area contributed by atoms with Gasteiger partial charge in [-0.15, -0.1) is 11.3 Å². The number of aromatic nitrogens is 1. The van der Waals surface area contributed by atoms with Crippen LogP contribution in [0, 0.1) is 5.82 Å². The second-order valence-corrected chi connectivity index (χ2v) is 7.42. The largest absolute Gasteiger partial charge is 0.483 e. The number of carbonyl (C=O) groups excluding carboxylic acids is 1. The first-order valence-electron chi connectivity index (χ1n) is 8.87. The van der Waals surface area contributed by atoms with Gasteiger partial charge in [0.25, 0.3) is 0 Å². The molecule has 0 aliphatic heterocycles. The van der Waals surface area contributed by atoms with Crippen molar-refractivity contribution in [3.05, 3.63) is 70.1 Å². The molecule has 2 heterocycles.